The lowest BCUT2D eigenvalue weighted by atomic mass is 9.85. The Morgan fingerprint density at radius 3 is 2.49 bits per heavy atom. The van der Waals surface area contributed by atoms with Crippen LogP contribution in [0, 0.1) is 11.8 Å². The number of benzene rings is 2. The summed E-state index contributed by atoms with van der Waals surface area (Å²) in [5, 5.41) is 48.3. The largest absolute Gasteiger partial charge is 0.427 e. The van der Waals surface area contributed by atoms with Gasteiger partial charge in [0.2, 0.25) is 0 Å². The van der Waals surface area contributed by atoms with E-state index < -0.39 is 18.3 Å². The second-order valence-corrected chi connectivity index (χ2v) is 10.2. The van der Waals surface area contributed by atoms with Gasteiger partial charge in [0, 0.05) is 6.42 Å². The summed E-state index contributed by atoms with van der Waals surface area (Å²) in [5.41, 5.74) is 1.80. The van der Waals surface area contributed by atoms with E-state index in [0.717, 1.165) is 6.42 Å². The van der Waals surface area contributed by atoms with Gasteiger partial charge in [-0.05, 0) is 86.5 Å². The zero-order valence-electron chi connectivity index (χ0n) is 22.2. The van der Waals surface area contributed by atoms with E-state index in [2.05, 4.69) is 17.0 Å². The van der Waals surface area contributed by atoms with Crippen LogP contribution in [-0.2, 0) is 22.7 Å². The highest BCUT2D eigenvalue weighted by molar-refractivity contribution is 5.72. The molecule has 0 unspecified atom stereocenters. The van der Waals surface area contributed by atoms with Gasteiger partial charge in [0.15, 0.2) is 0 Å². The highest BCUT2D eigenvalue weighted by atomic mass is 17.1. The number of ether oxygens (including phenoxy) is 1. The molecule has 2 aromatic rings. The fourth-order valence-corrected chi connectivity index (χ4v) is 5.16. The lowest BCUT2D eigenvalue weighted by Crippen LogP contribution is -2.23. The zero-order valence-corrected chi connectivity index (χ0v) is 22.2. The first-order valence-electron chi connectivity index (χ1n) is 13.7. The van der Waals surface area contributed by atoms with Crippen molar-refractivity contribution < 1.29 is 40.1 Å². The number of hydrogen-bond donors (Lipinski definition) is 5. The van der Waals surface area contributed by atoms with E-state index in [-0.39, 0.29) is 36.2 Å². The highest BCUT2D eigenvalue weighted by Gasteiger charge is 2.40. The van der Waals surface area contributed by atoms with Crippen molar-refractivity contribution >= 4 is 5.97 Å². The van der Waals surface area contributed by atoms with E-state index in [0.29, 0.717) is 56.3 Å². The lowest BCUT2D eigenvalue weighted by Gasteiger charge is -2.23. The van der Waals surface area contributed by atoms with Crippen LogP contribution in [0.3, 0.4) is 0 Å². The molecule has 1 aliphatic carbocycles. The van der Waals surface area contributed by atoms with Gasteiger partial charge < -0.3 is 20.1 Å². The summed E-state index contributed by atoms with van der Waals surface area (Å²) in [7, 11) is 0. The number of rotatable bonds is 16. The first-order chi connectivity index (χ1) is 18.8. The van der Waals surface area contributed by atoms with Crippen LogP contribution in [0.1, 0.15) is 62.5 Å². The van der Waals surface area contributed by atoms with Gasteiger partial charge >= 0.3 is 5.97 Å². The Hall–Kier alpha value is -2.63. The molecule has 0 spiro atoms. The molecule has 0 aromatic heterocycles. The molecular weight excluding hydrogens is 502 g/mol. The maximum absolute atomic E-state index is 12.2. The molecule has 0 amide bonds. The first-order valence-corrected chi connectivity index (χ1v) is 13.7. The molecule has 5 N–H and O–H groups in total. The number of esters is 1. The van der Waals surface area contributed by atoms with Gasteiger partial charge in [0.05, 0.1) is 30.3 Å². The van der Waals surface area contributed by atoms with Crippen LogP contribution in [0.4, 0.5) is 0 Å². The summed E-state index contributed by atoms with van der Waals surface area (Å²) in [6.07, 6.45) is 7.71. The van der Waals surface area contributed by atoms with Gasteiger partial charge in [0.1, 0.15) is 5.75 Å². The molecule has 0 bridgehead atoms. The number of aliphatic hydroxyl groups is 3. The predicted octanol–water partition coefficient (Wildman–Crippen LogP) is 4.35. The number of aliphatic hydroxyl groups excluding tert-OH is 3. The van der Waals surface area contributed by atoms with Crippen molar-refractivity contribution in [3.8, 4) is 5.75 Å². The lowest BCUT2D eigenvalue weighted by molar-refractivity contribution is -0.497. The second kappa shape index (κ2) is 16.5. The second-order valence-electron chi connectivity index (χ2n) is 10.2. The van der Waals surface area contributed by atoms with E-state index in [1.807, 2.05) is 30.4 Å². The summed E-state index contributed by atoms with van der Waals surface area (Å²) in [4.78, 5) is 16.7. The van der Waals surface area contributed by atoms with Gasteiger partial charge in [-0.1, -0.05) is 54.6 Å². The Morgan fingerprint density at radius 1 is 0.974 bits per heavy atom. The van der Waals surface area contributed by atoms with Crippen LogP contribution in [0.5, 0.6) is 5.75 Å². The van der Waals surface area contributed by atoms with Gasteiger partial charge in [0.25, 0.3) is 0 Å². The van der Waals surface area contributed by atoms with Crippen molar-refractivity contribution in [2.75, 3.05) is 0 Å². The predicted molar refractivity (Wildman–Crippen MR) is 144 cm³/mol. The minimum Gasteiger partial charge on any atom is -0.427 e. The zero-order chi connectivity index (χ0) is 28.0. The molecule has 0 radical (unpaired) electrons. The third kappa shape index (κ3) is 11.2. The van der Waals surface area contributed by atoms with Crippen LogP contribution in [-0.4, -0.2) is 55.4 Å². The SMILES string of the molecule is O=C(CCC/C=C\C[C@@H]1[C@@H](CC[C@@H](O)CCc2ccccc2)[C@H](O)C[C@@H]1O)Oc1cccc(CON(O)O)c1. The van der Waals surface area contributed by atoms with Crippen molar-refractivity contribution in [1.82, 2.24) is 5.39 Å². The van der Waals surface area contributed by atoms with E-state index in [1.54, 1.807) is 24.3 Å². The maximum Gasteiger partial charge on any atom is 0.311 e. The van der Waals surface area contributed by atoms with Gasteiger partial charge in [-0.2, -0.15) is 0 Å². The summed E-state index contributed by atoms with van der Waals surface area (Å²) < 4.78 is 5.34. The number of nitrogens with zero attached hydrogens (tertiary/aromatic N) is 1. The molecule has 1 fully saturated rings. The van der Waals surface area contributed by atoms with E-state index >= 15 is 0 Å². The maximum atomic E-state index is 12.2. The standard InChI is InChI=1S/C30H41NO8/c32-24(16-15-22-9-4-3-5-10-22)17-18-27-26(28(33)20-29(27)34)13-6-1-2-7-14-30(35)39-25-12-8-11-23(19-25)21-38-31(36)37/h1,3-6,8-12,19,24,26-29,32-34,36-37H,2,7,13-18,20-21H2/b6-1-/t24-,26+,27+,28-,29+/m0/s1. The van der Waals surface area contributed by atoms with Gasteiger partial charge in [-0.25, -0.2) is 4.84 Å². The van der Waals surface area contributed by atoms with E-state index in [1.165, 1.54) is 5.56 Å². The molecule has 9 nitrogen and oxygen atoms in total. The minimum absolute atomic E-state index is 0.0509. The number of allylic oxidation sites excluding steroid dienone is 2. The molecular formula is C30H41NO8. The van der Waals surface area contributed by atoms with Crippen molar-refractivity contribution in [3.63, 3.8) is 0 Å². The molecule has 0 saturated heterocycles. The molecule has 214 valence electrons. The van der Waals surface area contributed by atoms with E-state index in [4.69, 9.17) is 15.2 Å². The third-order valence-electron chi connectivity index (χ3n) is 7.27. The number of carbonyl (C=O) groups is 1. The molecule has 9 heteroatoms. The van der Waals surface area contributed by atoms with Crippen molar-refractivity contribution in [2.45, 2.75) is 82.7 Å². The Kier molecular flexibility index (Phi) is 13.1. The number of hydrogen-bond acceptors (Lipinski definition) is 9. The molecule has 5 atom stereocenters. The molecule has 1 aliphatic rings. The topological polar surface area (TPSA) is 140 Å². The average molecular weight is 544 g/mol. The Morgan fingerprint density at radius 2 is 1.72 bits per heavy atom. The van der Waals surface area contributed by atoms with Crippen molar-refractivity contribution in [3.05, 3.63) is 77.9 Å². The number of aryl methyl sites for hydroxylation is 1. The average Bonchev–Trinajstić information content (AvgIpc) is 3.19. The third-order valence-corrected chi connectivity index (χ3v) is 7.27. The number of unbranched alkanes of at least 4 members (excludes halogenated alkanes) is 1. The first kappa shape index (κ1) is 30.9. The van der Waals surface area contributed by atoms with E-state index in [9.17, 15) is 20.1 Å². The monoisotopic (exact) mass is 543 g/mol. The summed E-state index contributed by atoms with van der Waals surface area (Å²) in [6, 6.07) is 16.7. The summed E-state index contributed by atoms with van der Waals surface area (Å²) >= 11 is 0. The molecule has 3 rings (SSSR count). The summed E-state index contributed by atoms with van der Waals surface area (Å²) in [6.45, 7) is -0.0917. The van der Waals surface area contributed by atoms with Gasteiger partial charge in [-0.3, -0.25) is 15.2 Å². The van der Waals surface area contributed by atoms with Crippen LogP contribution in [0.25, 0.3) is 0 Å². The normalized spacial score (nSPS) is 22.0. The molecule has 0 heterocycles. The minimum atomic E-state index is -0.565. The Bertz CT molecular complexity index is 1020. The van der Waals surface area contributed by atoms with Crippen molar-refractivity contribution in [2.24, 2.45) is 11.8 Å². The molecule has 1 saturated carbocycles. The van der Waals surface area contributed by atoms with Crippen LogP contribution < -0.4 is 4.74 Å². The Balaban J connectivity index is 1.34. The van der Waals surface area contributed by atoms with Crippen LogP contribution in [0.2, 0.25) is 0 Å². The fourth-order valence-electron chi connectivity index (χ4n) is 5.16. The molecule has 39 heavy (non-hydrogen) atoms. The smallest absolute Gasteiger partial charge is 0.311 e. The molecule has 2 aromatic carbocycles. The van der Waals surface area contributed by atoms with Crippen LogP contribution >= 0.6 is 0 Å². The van der Waals surface area contributed by atoms with Crippen LogP contribution in [0.15, 0.2) is 66.7 Å². The molecule has 0 aliphatic heterocycles. The quantitative estimate of drug-likeness (QED) is 0.0687. The fraction of sp³-hybridized carbons (Fsp3) is 0.500. The Labute approximate surface area is 229 Å². The highest BCUT2D eigenvalue weighted by Crippen LogP contribution is 2.38. The van der Waals surface area contributed by atoms with Crippen molar-refractivity contribution in [1.29, 1.82) is 0 Å². The van der Waals surface area contributed by atoms with Gasteiger partial charge in [-0.15, -0.1) is 0 Å². The summed E-state index contributed by atoms with van der Waals surface area (Å²) in [5.74, 6) is -0.121. The number of carbonyl (C=O) groups excluding carboxylic acids is 1.